The summed E-state index contributed by atoms with van der Waals surface area (Å²) < 4.78 is 35.3. The van der Waals surface area contributed by atoms with Crippen LogP contribution in [0, 0.1) is 0 Å². The van der Waals surface area contributed by atoms with Gasteiger partial charge in [-0.2, -0.15) is 0 Å². The van der Waals surface area contributed by atoms with Crippen LogP contribution in [0.5, 0.6) is 11.5 Å². The van der Waals surface area contributed by atoms with Crippen LogP contribution in [0.2, 0.25) is 10.0 Å². The fraction of sp³-hybridized carbons (Fsp3) is 0.241. The van der Waals surface area contributed by atoms with E-state index in [0.29, 0.717) is 51.6 Å². The third kappa shape index (κ3) is 7.85. The van der Waals surface area contributed by atoms with Crippen molar-refractivity contribution in [3.05, 3.63) is 99.9 Å². The number of halogens is 2. The van der Waals surface area contributed by atoms with Crippen molar-refractivity contribution in [1.29, 1.82) is 0 Å². The second-order valence-electron chi connectivity index (χ2n) is 9.38. The van der Waals surface area contributed by atoms with Crippen molar-refractivity contribution >= 4 is 39.2 Å². The maximum Gasteiger partial charge on any atom is 0.335 e. The van der Waals surface area contributed by atoms with Crippen LogP contribution in [-0.4, -0.2) is 35.3 Å². The molecule has 11 heteroatoms. The number of nitrogens with zero attached hydrogens (tertiary/aromatic N) is 2. The molecule has 0 aliphatic rings. The molecule has 0 saturated heterocycles. The minimum absolute atomic E-state index is 0.172. The minimum Gasteiger partial charge on any atom is -0.478 e. The standard InChI is InChI=1S/C29H29Cl2N3O5S/c1-3-4-15-34-18-27(24-14-9-21(30)17-25(24)31)32-28(34)26(33-40(2,37)38)16-19-5-10-22(11-6-19)39-23-12-7-20(8-13-23)29(35)36/h5-14,17-18,26,33H,3-4,15-16H2,1-2H3,(H,35,36)/t26-/m0/s1. The number of unbranched alkanes of at least 4 members (excludes halogenated alkanes) is 1. The summed E-state index contributed by atoms with van der Waals surface area (Å²) in [5, 5.41) is 10.0. The normalized spacial score (nSPS) is 12.3. The Balaban J connectivity index is 1.61. The number of aryl methyl sites for hydroxylation is 1. The third-order valence-electron chi connectivity index (χ3n) is 6.14. The van der Waals surface area contributed by atoms with Gasteiger partial charge in [0, 0.05) is 23.3 Å². The van der Waals surface area contributed by atoms with Crippen molar-refractivity contribution in [2.24, 2.45) is 0 Å². The quantitative estimate of drug-likeness (QED) is 0.181. The molecule has 0 spiro atoms. The molecule has 0 saturated carbocycles. The van der Waals surface area contributed by atoms with E-state index in [4.69, 9.17) is 38.0 Å². The van der Waals surface area contributed by atoms with Crippen molar-refractivity contribution in [3.8, 4) is 22.8 Å². The number of aromatic nitrogens is 2. The second-order valence-corrected chi connectivity index (χ2v) is 12.0. The van der Waals surface area contributed by atoms with Crippen LogP contribution in [0.3, 0.4) is 0 Å². The molecule has 0 bridgehead atoms. The number of carbonyl (C=O) groups is 1. The van der Waals surface area contributed by atoms with Gasteiger partial charge in [0.25, 0.3) is 0 Å². The van der Waals surface area contributed by atoms with E-state index in [-0.39, 0.29) is 5.56 Å². The summed E-state index contributed by atoms with van der Waals surface area (Å²) in [6.45, 7) is 2.75. The van der Waals surface area contributed by atoms with Crippen LogP contribution in [0.1, 0.15) is 47.6 Å². The lowest BCUT2D eigenvalue weighted by atomic mass is 10.1. The Hall–Kier alpha value is -3.37. The van der Waals surface area contributed by atoms with E-state index < -0.39 is 22.0 Å². The fourth-order valence-corrected chi connectivity index (χ4v) is 5.43. The topological polar surface area (TPSA) is 111 Å². The van der Waals surface area contributed by atoms with Crippen LogP contribution in [0.15, 0.2) is 72.9 Å². The number of aromatic carboxylic acids is 1. The first-order valence-corrected chi connectivity index (χ1v) is 15.3. The summed E-state index contributed by atoms with van der Waals surface area (Å²) in [7, 11) is -3.57. The molecule has 0 amide bonds. The molecule has 1 heterocycles. The highest BCUT2D eigenvalue weighted by atomic mass is 35.5. The van der Waals surface area contributed by atoms with E-state index in [1.54, 1.807) is 42.5 Å². The zero-order chi connectivity index (χ0) is 28.9. The number of carboxylic acids is 1. The van der Waals surface area contributed by atoms with Gasteiger partial charge in [-0.15, -0.1) is 0 Å². The Morgan fingerprint density at radius 2 is 1.70 bits per heavy atom. The molecule has 210 valence electrons. The van der Waals surface area contributed by atoms with Crippen molar-refractivity contribution in [3.63, 3.8) is 0 Å². The highest BCUT2D eigenvalue weighted by Crippen LogP contribution is 2.32. The third-order valence-corrected chi connectivity index (χ3v) is 7.40. The lowest BCUT2D eigenvalue weighted by molar-refractivity contribution is 0.0697. The Bertz CT molecular complexity index is 1590. The summed E-state index contributed by atoms with van der Waals surface area (Å²) in [4.78, 5) is 15.9. The molecule has 1 aromatic heterocycles. The molecular formula is C29H29Cl2N3O5S. The van der Waals surface area contributed by atoms with Crippen LogP contribution in [0.4, 0.5) is 0 Å². The molecule has 0 unspecified atom stereocenters. The molecule has 3 aromatic carbocycles. The minimum atomic E-state index is -3.57. The predicted octanol–water partition coefficient (Wildman–Crippen LogP) is 6.98. The van der Waals surface area contributed by atoms with Gasteiger partial charge < -0.3 is 14.4 Å². The highest BCUT2D eigenvalue weighted by molar-refractivity contribution is 7.88. The Kier molecular flexibility index (Phi) is 9.52. The number of imidazole rings is 1. The number of nitrogens with one attached hydrogen (secondary N) is 1. The zero-order valence-corrected chi connectivity index (χ0v) is 24.3. The Labute approximate surface area is 243 Å². The number of rotatable bonds is 12. The van der Waals surface area contributed by atoms with E-state index in [9.17, 15) is 13.2 Å². The maximum atomic E-state index is 12.4. The molecule has 0 aliphatic heterocycles. The molecule has 40 heavy (non-hydrogen) atoms. The number of sulfonamides is 1. The van der Waals surface area contributed by atoms with Gasteiger partial charge in [-0.05, 0) is 73.0 Å². The van der Waals surface area contributed by atoms with Gasteiger partial charge in [-0.1, -0.05) is 48.7 Å². The molecule has 4 rings (SSSR count). The SMILES string of the molecule is CCCCn1cc(-c2ccc(Cl)cc2Cl)nc1[C@H](Cc1ccc(Oc2ccc(C(=O)O)cc2)cc1)NS(C)(=O)=O. The molecule has 1 atom stereocenters. The molecule has 4 aromatic rings. The van der Waals surface area contributed by atoms with Crippen molar-refractivity contribution in [2.45, 2.75) is 38.8 Å². The van der Waals surface area contributed by atoms with Crippen LogP contribution >= 0.6 is 23.2 Å². The first-order valence-electron chi connectivity index (χ1n) is 12.6. The molecule has 0 fully saturated rings. The van der Waals surface area contributed by atoms with E-state index in [0.717, 1.165) is 24.7 Å². The van der Waals surface area contributed by atoms with Crippen molar-refractivity contribution in [1.82, 2.24) is 14.3 Å². The first-order chi connectivity index (χ1) is 19.0. The van der Waals surface area contributed by atoms with Gasteiger partial charge in [-0.3, -0.25) is 0 Å². The van der Waals surface area contributed by atoms with Gasteiger partial charge in [0.1, 0.15) is 17.3 Å². The van der Waals surface area contributed by atoms with Crippen LogP contribution in [-0.2, 0) is 23.0 Å². The Morgan fingerprint density at radius 1 is 1.05 bits per heavy atom. The summed E-state index contributed by atoms with van der Waals surface area (Å²) in [5.74, 6) is 0.634. The Morgan fingerprint density at radius 3 is 2.27 bits per heavy atom. The average molecular weight is 603 g/mol. The summed E-state index contributed by atoms with van der Waals surface area (Å²) in [6.07, 6.45) is 5.21. The van der Waals surface area contributed by atoms with E-state index in [2.05, 4.69) is 11.6 Å². The van der Waals surface area contributed by atoms with E-state index in [1.807, 2.05) is 22.9 Å². The van der Waals surface area contributed by atoms with Gasteiger partial charge in [-0.25, -0.2) is 22.9 Å². The van der Waals surface area contributed by atoms with Gasteiger partial charge in [0.05, 0.1) is 28.6 Å². The molecule has 0 radical (unpaired) electrons. The van der Waals surface area contributed by atoms with E-state index >= 15 is 0 Å². The highest BCUT2D eigenvalue weighted by Gasteiger charge is 2.24. The van der Waals surface area contributed by atoms with Gasteiger partial charge in [0.15, 0.2) is 0 Å². The molecular weight excluding hydrogens is 573 g/mol. The number of hydrogen-bond donors (Lipinski definition) is 2. The van der Waals surface area contributed by atoms with Crippen LogP contribution < -0.4 is 9.46 Å². The molecule has 8 nitrogen and oxygen atoms in total. The molecule has 2 N–H and O–H groups in total. The summed E-state index contributed by atoms with van der Waals surface area (Å²) >= 11 is 12.5. The van der Waals surface area contributed by atoms with Gasteiger partial charge in [0.2, 0.25) is 10.0 Å². The lowest BCUT2D eigenvalue weighted by Gasteiger charge is -2.19. The smallest absolute Gasteiger partial charge is 0.335 e. The zero-order valence-electron chi connectivity index (χ0n) is 22.0. The first kappa shape index (κ1) is 29.6. The largest absolute Gasteiger partial charge is 0.478 e. The summed E-state index contributed by atoms with van der Waals surface area (Å²) in [5.41, 5.74) is 2.38. The summed E-state index contributed by atoms with van der Waals surface area (Å²) in [6, 6.07) is 17.9. The van der Waals surface area contributed by atoms with Crippen molar-refractivity contribution in [2.75, 3.05) is 6.26 Å². The van der Waals surface area contributed by atoms with E-state index in [1.165, 1.54) is 12.1 Å². The number of hydrogen-bond acceptors (Lipinski definition) is 5. The predicted molar refractivity (Wildman–Crippen MR) is 157 cm³/mol. The second kappa shape index (κ2) is 12.9. The monoisotopic (exact) mass is 601 g/mol. The van der Waals surface area contributed by atoms with Gasteiger partial charge >= 0.3 is 5.97 Å². The number of carboxylic acid groups (broad SMARTS) is 1. The fourth-order valence-electron chi connectivity index (χ4n) is 4.22. The average Bonchev–Trinajstić information content (AvgIpc) is 3.31. The van der Waals surface area contributed by atoms with Crippen LogP contribution in [0.25, 0.3) is 11.3 Å². The maximum absolute atomic E-state index is 12.4. The number of ether oxygens (including phenoxy) is 1. The lowest BCUT2D eigenvalue weighted by Crippen LogP contribution is -2.31. The molecule has 0 aliphatic carbocycles. The number of benzene rings is 3. The van der Waals surface area contributed by atoms with Crippen molar-refractivity contribution < 1.29 is 23.1 Å².